The number of carboxylic acids is 1. The molecule has 0 aliphatic heterocycles. The number of nitrogens with zero attached hydrogens (tertiary/aromatic N) is 1. The van der Waals surface area contributed by atoms with Crippen LogP contribution in [0.4, 0.5) is 17.1 Å². The van der Waals surface area contributed by atoms with Crippen LogP contribution in [0.15, 0.2) is 34.1 Å². The van der Waals surface area contributed by atoms with E-state index in [2.05, 4.69) is 15.6 Å². The molecule has 0 bridgehead atoms. The van der Waals surface area contributed by atoms with Crippen LogP contribution in [0.2, 0.25) is 0 Å². The molecule has 0 saturated heterocycles. The maximum absolute atomic E-state index is 11.7. The highest BCUT2D eigenvalue weighted by atomic mass is 16.4. The van der Waals surface area contributed by atoms with E-state index in [4.69, 9.17) is 5.11 Å². The van der Waals surface area contributed by atoms with E-state index in [1.165, 1.54) is 0 Å². The van der Waals surface area contributed by atoms with Gasteiger partial charge in [-0.2, -0.15) is 0 Å². The van der Waals surface area contributed by atoms with Gasteiger partial charge >= 0.3 is 5.97 Å². The van der Waals surface area contributed by atoms with E-state index in [0.29, 0.717) is 30.0 Å². The standard InChI is InChI=1S/C17H21N3O4/c21-13(22)6-4-2-1-3-5-9-19-14-15(17(24)16(14)23)20-12-7-10-18-11-8-12/h7-8,10-11,19H,1-6,9H2,(H,18,20)(H,21,22). The molecule has 128 valence electrons. The average molecular weight is 331 g/mol. The summed E-state index contributed by atoms with van der Waals surface area (Å²) in [4.78, 5) is 37.6. The number of unbranched alkanes of at least 4 members (excludes halogenated alkanes) is 4. The Morgan fingerprint density at radius 1 is 0.958 bits per heavy atom. The molecular formula is C17H21N3O4. The van der Waals surface area contributed by atoms with Gasteiger partial charge in [0.2, 0.25) is 0 Å². The smallest absolute Gasteiger partial charge is 0.303 e. The van der Waals surface area contributed by atoms with Crippen LogP contribution in [0.3, 0.4) is 0 Å². The van der Waals surface area contributed by atoms with E-state index >= 15 is 0 Å². The molecule has 0 aliphatic rings. The molecule has 0 saturated carbocycles. The maximum atomic E-state index is 11.7. The maximum Gasteiger partial charge on any atom is 0.303 e. The predicted octanol–water partition coefficient (Wildman–Crippen LogP) is 2.26. The number of aliphatic carboxylic acids is 1. The van der Waals surface area contributed by atoms with Crippen LogP contribution in [0.25, 0.3) is 0 Å². The lowest BCUT2D eigenvalue weighted by atomic mass is 10.1. The summed E-state index contributed by atoms with van der Waals surface area (Å²) in [5.74, 6) is -0.758. The molecule has 2 aromatic rings. The molecule has 0 aliphatic carbocycles. The Bertz CT molecular complexity index is 736. The fourth-order valence-corrected chi connectivity index (χ4v) is 2.40. The lowest BCUT2D eigenvalue weighted by molar-refractivity contribution is -0.137. The number of hydrogen-bond acceptors (Lipinski definition) is 6. The summed E-state index contributed by atoms with van der Waals surface area (Å²) in [6.07, 6.45) is 7.78. The number of rotatable bonds is 11. The van der Waals surface area contributed by atoms with Gasteiger partial charge in [-0.3, -0.25) is 19.4 Å². The van der Waals surface area contributed by atoms with Crippen LogP contribution >= 0.6 is 0 Å². The van der Waals surface area contributed by atoms with E-state index in [-0.39, 0.29) is 6.42 Å². The first-order valence-electron chi connectivity index (χ1n) is 8.05. The monoisotopic (exact) mass is 331 g/mol. The summed E-state index contributed by atoms with van der Waals surface area (Å²) in [6, 6.07) is 3.44. The molecule has 2 rings (SSSR count). The summed E-state index contributed by atoms with van der Waals surface area (Å²) in [6.45, 7) is 0.606. The Hall–Kier alpha value is -2.70. The van der Waals surface area contributed by atoms with Crippen LogP contribution in [0.1, 0.15) is 38.5 Å². The van der Waals surface area contributed by atoms with Crippen LogP contribution in [0, 0.1) is 0 Å². The Labute approximate surface area is 139 Å². The van der Waals surface area contributed by atoms with E-state index in [0.717, 1.165) is 25.7 Å². The summed E-state index contributed by atoms with van der Waals surface area (Å²) in [5, 5.41) is 14.5. The average Bonchev–Trinajstić information content (AvgIpc) is 2.59. The molecule has 0 atom stereocenters. The normalized spacial score (nSPS) is 10.7. The molecule has 0 amide bonds. The molecule has 1 aromatic heterocycles. The van der Waals surface area contributed by atoms with Gasteiger partial charge in [-0.05, 0) is 25.0 Å². The number of pyridine rings is 1. The van der Waals surface area contributed by atoms with Crippen LogP contribution in [0.5, 0.6) is 0 Å². The van der Waals surface area contributed by atoms with E-state index in [1.807, 2.05) is 0 Å². The molecule has 0 spiro atoms. The van der Waals surface area contributed by atoms with Crippen molar-refractivity contribution in [3.05, 3.63) is 45.0 Å². The van der Waals surface area contributed by atoms with Crippen LogP contribution < -0.4 is 21.5 Å². The van der Waals surface area contributed by atoms with Crippen molar-refractivity contribution in [3.63, 3.8) is 0 Å². The fourth-order valence-electron chi connectivity index (χ4n) is 2.40. The number of carbonyl (C=O) groups is 1. The lowest BCUT2D eigenvalue weighted by Crippen LogP contribution is -2.36. The van der Waals surface area contributed by atoms with Crippen molar-refractivity contribution in [2.75, 3.05) is 17.2 Å². The van der Waals surface area contributed by atoms with Gasteiger partial charge in [-0.1, -0.05) is 19.3 Å². The highest BCUT2D eigenvalue weighted by Crippen LogP contribution is 2.20. The SMILES string of the molecule is O=C(O)CCCCCCCNc1c(Nc2ccncc2)c(=O)c1=O. The molecule has 24 heavy (non-hydrogen) atoms. The van der Waals surface area contributed by atoms with Gasteiger partial charge in [-0.25, -0.2) is 0 Å². The predicted molar refractivity (Wildman–Crippen MR) is 92.7 cm³/mol. The van der Waals surface area contributed by atoms with Gasteiger partial charge in [-0.15, -0.1) is 0 Å². The second-order valence-electron chi connectivity index (χ2n) is 5.61. The summed E-state index contributed by atoms with van der Waals surface area (Å²) < 4.78 is 0. The number of carboxylic acid groups (broad SMARTS) is 1. The van der Waals surface area contributed by atoms with E-state index < -0.39 is 16.8 Å². The number of anilines is 3. The molecule has 1 heterocycles. The Morgan fingerprint density at radius 3 is 2.29 bits per heavy atom. The van der Waals surface area contributed by atoms with Gasteiger partial charge in [0.1, 0.15) is 11.4 Å². The van der Waals surface area contributed by atoms with Gasteiger partial charge < -0.3 is 15.7 Å². The van der Waals surface area contributed by atoms with Gasteiger partial charge in [0, 0.05) is 31.0 Å². The zero-order chi connectivity index (χ0) is 17.4. The van der Waals surface area contributed by atoms with Crippen molar-refractivity contribution in [2.45, 2.75) is 38.5 Å². The molecule has 1 aromatic carbocycles. The van der Waals surface area contributed by atoms with E-state index in [9.17, 15) is 14.4 Å². The zero-order valence-electron chi connectivity index (χ0n) is 13.4. The second kappa shape index (κ2) is 8.81. The van der Waals surface area contributed by atoms with Crippen LogP contribution in [-0.4, -0.2) is 22.6 Å². The minimum atomic E-state index is -0.758. The Balaban J connectivity index is 1.72. The molecule has 0 unspecified atom stereocenters. The first-order valence-corrected chi connectivity index (χ1v) is 8.05. The van der Waals surface area contributed by atoms with Gasteiger partial charge in [0.25, 0.3) is 10.9 Å². The molecular weight excluding hydrogens is 310 g/mol. The summed E-state index contributed by atoms with van der Waals surface area (Å²) >= 11 is 0. The van der Waals surface area contributed by atoms with Crippen molar-refractivity contribution in [1.29, 1.82) is 0 Å². The number of hydrogen-bond donors (Lipinski definition) is 3. The molecule has 0 fully saturated rings. The van der Waals surface area contributed by atoms with Gasteiger partial charge in [0.15, 0.2) is 0 Å². The van der Waals surface area contributed by atoms with Crippen molar-refractivity contribution in [3.8, 4) is 0 Å². The first kappa shape index (κ1) is 17.7. The Kier molecular flexibility index (Phi) is 6.48. The third-order valence-corrected chi connectivity index (χ3v) is 3.73. The minimum Gasteiger partial charge on any atom is -0.481 e. The first-order chi connectivity index (χ1) is 11.6. The van der Waals surface area contributed by atoms with Crippen molar-refractivity contribution in [2.24, 2.45) is 0 Å². The lowest BCUT2D eigenvalue weighted by Gasteiger charge is -2.14. The number of nitrogens with one attached hydrogen (secondary N) is 2. The molecule has 7 nitrogen and oxygen atoms in total. The largest absolute Gasteiger partial charge is 0.481 e. The summed E-state index contributed by atoms with van der Waals surface area (Å²) in [7, 11) is 0. The van der Waals surface area contributed by atoms with Crippen LogP contribution in [-0.2, 0) is 4.79 Å². The van der Waals surface area contributed by atoms with E-state index in [1.54, 1.807) is 24.5 Å². The fraction of sp³-hybridized carbons (Fsp3) is 0.412. The molecule has 7 heteroatoms. The topological polar surface area (TPSA) is 108 Å². The molecule has 3 N–H and O–H groups in total. The molecule has 0 radical (unpaired) electrons. The van der Waals surface area contributed by atoms with Crippen molar-refractivity contribution < 1.29 is 9.90 Å². The number of aromatic nitrogens is 1. The quantitative estimate of drug-likeness (QED) is 0.428. The van der Waals surface area contributed by atoms with Gasteiger partial charge in [0.05, 0.1) is 0 Å². The highest BCUT2D eigenvalue weighted by molar-refractivity contribution is 5.78. The van der Waals surface area contributed by atoms with Crippen molar-refractivity contribution in [1.82, 2.24) is 4.98 Å². The Morgan fingerprint density at radius 2 is 1.58 bits per heavy atom. The third kappa shape index (κ3) is 4.91. The summed E-state index contributed by atoms with van der Waals surface area (Å²) in [5.41, 5.74) is 0.338. The zero-order valence-corrected chi connectivity index (χ0v) is 13.4. The minimum absolute atomic E-state index is 0.214. The third-order valence-electron chi connectivity index (χ3n) is 3.73. The second-order valence-corrected chi connectivity index (χ2v) is 5.61. The van der Waals surface area contributed by atoms with Crippen molar-refractivity contribution >= 4 is 23.0 Å². The highest BCUT2D eigenvalue weighted by Gasteiger charge is 2.20.